The molecule has 0 fully saturated rings. The summed E-state index contributed by atoms with van der Waals surface area (Å²) in [5, 5.41) is 9.20. The summed E-state index contributed by atoms with van der Waals surface area (Å²) < 4.78 is 5.26. The molecule has 0 aliphatic carbocycles. The van der Waals surface area contributed by atoms with Gasteiger partial charge < -0.3 is 9.84 Å². The first kappa shape index (κ1) is 11.0. The average molecular weight is 204 g/mol. The number of aliphatic imine (C=N–C) groups is 2. The molecule has 4 nitrogen and oxygen atoms in total. The number of aromatic hydroxyl groups is 1. The minimum Gasteiger partial charge on any atom is -0.508 e. The molecule has 4 heteroatoms. The van der Waals surface area contributed by atoms with E-state index in [-0.39, 0.29) is 5.75 Å². The van der Waals surface area contributed by atoms with Gasteiger partial charge in [0.2, 0.25) is 5.88 Å². The van der Waals surface area contributed by atoms with Crippen molar-refractivity contribution in [2.24, 2.45) is 9.98 Å². The van der Waals surface area contributed by atoms with Gasteiger partial charge in [0.25, 0.3) is 0 Å². The molecule has 0 amide bonds. The van der Waals surface area contributed by atoms with E-state index in [1.54, 1.807) is 18.2 Å². The van der Waals surface area contributed by atoms with Gasteiger partial charge in [0.05, 0.1) is 6.20 Å². The van der Waals surface area contributed by atoms with Gasteiger partial charge in [-0.3, -0.25) is 4.99 Å². The van der Waals surface area contributed by atoms with E-state index in [1.807, 2.05) is 6.07 Å². The van der Waals surface area contributed by atoms with Crippen LogP contribution in [0.4, 0.5) is 0 Å². The third kappa shape index (κ3) is 3.64. The van der Waals surface area contributed by atoms with E-state index in [1.165, 1.54) is 6.20 Å². The Hall–Kier alpha value is -2.10. The second kappa shape index (κ2) is 5.59. The topological polar surface area (TPSA) is 54.2 Å². The minimum absolute atomic E-state index is 0.204. The predicted octanol–water partition coefficient (Wildman–Crippen LogP) is 2.11. The number of ether oxygens (including phenoxy) is 1. The highest BCUT2D eigenvalue weighted by Crippen LogP contribution is 2.13. The summed E-state index contributed by atoms with van der Waals surface area (Å²) >= 11 is 0. The van der Waals surface area contributed by atoms with Crippen LogP contribution < -0.4 is 0 Å². The molecule has 0 atom stereocenters. The Bertz CT molecular complexity index is 386. The first-order valence-corrected chi connectivity index (χ1v) is 4.29. The maximum Gasteiger partial charge on any atom is 0.231 e. The smallest absolute Gasteiger partial charge is 0.231 e. The molecule has 0 bridgehead atoms. The monoisotopic (exact) mass is 204 g/mol. The van der Waals surface area contributed by atoms with E-state index < -0.39 is 0 Å². The van der Waals surface area contributed by atoms with Crippen molar-refractivity contribution in [1.29, 1.82) is 0 Å². The van der Waals surface area contributed by atoms with Crippen molar-refractivity contribution >= 4 is 13.4 Å². The van der Waals surface area contributed by atoms with Gasteiger partial charge in [0.15, 0.2) is 0 Å². The van der Waals surface area contributed by atoms with Crippen molar-refractivity contribution in [1.82, 2.24) is 0 Å². The zero-order valence-corrected chi connectivity index (χ0v) is 8.26. The number of hydrogen-bond donors (Lipinski definition) is 1. The molecule has 1 N–H and O–H groups in total. The van der Waals surface area contributed by atoms with Gasteiger partial charge in [-0.15, -0.1) is 0 Å². The standard InChI is InChI=1S/C11H12N2O2/c1-12-7-11(13-2)15-8-9-4-3-5-10(14)6-9/h3-7,14H,1-2,8H2/b11-7+. The summed E-state index contributed by atoms with van der Waals surface area (Å²) in [6.07, 6.45) is 1.37. The van der Waals surface area contributed by atoms with Crippen LogP contribution >= 0.6 is 0 Å². The largest absolute Gasteiger partial charge is 0.508 e. The van der Waals surface area contributed by atoms with Gasteiger partial charge in [0, 0.05) is 0 Å². The Morgan fingerprint density at radius 2 is 2.27 bits per heavy atom. The van der Waals surface area contributed by atoms with Crippen molar-refractivity contribution < 1.29 is 9.84 Å². The molecule has 0 saturated carbocycles. The van der Waals surface area contributed by atoms with Crippen molar-refractivity contribution in [3.8, 4) is 5.75 Å². The molecular weight excluding hydrogens is 192 g/mol. The van der Waals surface area contributed by atoms with Gasteiger partial charge in [-0.2, -0.15) is 0 Å². The second-order valence-corrected chi connectivity index (χ2v) is 2.77. The number of phenols is 1. The number of hydrogen-bond acceptors (Lipinski definition) is 4. The molecular formula is C11H12N2O2. The zero-order chi connectivity index (χ0) is 11.1. The Kier molecular flexibility index (Phi) is 4.09. The molecule has 1 rings (SSSR count). The molecule has 15 heavy (non-hydrogen) atoms. The summed E-state index contributed by atoms with van der Waals surface area (Å²) in [4.78, 5) is 7.12. The lowest BCUT2D eigenvalue weighted by atomic mass is 10.2. The van der Waals surface area contributed by atoms with Gasteiger partial charge >= 0.3 is 0 Å². The molecule has 0 aromatic heterocycles. The summed E-state index contributed by atoms with van der Waals surface area (Å²) in [5.41, 5.74) is 0.841. The third-order valence-corrected chi connectivity index (χ3v) is 1.65. The fraction of sp³-hybridized carbons (Fsp3) is 0.0909. The molecule has 0 aliphatic rings. The van der Waals surface area contributed by atoms with Crippen molar-refractivity contribution in [2.45, 2.75) is 6.61 Å². The van der Waals surface area contributed by atoms with Crippen molar-refractivity contribution in [3.63, 3.8) is 0 Å². The highest BCUT2D eigenvalue weighted by Gasteiger charge is 1.97. The first-order chi connectivity index (χ1) is 7.26. The van der Waals surface area contributed by atoms with Crippen LogP contribution in [0.2, 0.25) is 0 Å². The Morgan fingerprint density at radius 3 is 2.87 bits per heavy atom. The quantitative estimate of drug-likeness (QED) is 0.590. The summed E-state index contributed by atoms with van der Waals surface area (Å²) in [7, 11) is 0. The number of benzene rings is 1. The fourth-order valence-electron chi connectivity index (χ4n) is 1.01. The Morgan fingerprint density at radius 1 is 1.47 bits per heavy atom. The van der Waals surface area contributed by atoms with Crippen molar-refractivity contribution in [2.75, 3.05) is 0 Å². The molecule has 0 spiro atoms. The average Bonchev–Trinajstić information content (AvgIpc) is 2.24. The zero-order valence-electron chi connectivity index (χ0n) is 8.26. The van der Waals surface area contributed by atoms with Crippen LogP contribution in [-0.4, -0.2) is 18.5 Å². The van der Waals surface area contributed by atoms with Gasteiger partial charge in [-0.05, 0) is 31.1 Å². The number of rotatable bonds is 5. The van der Waals surface area contributed by atoms with Crippen LogP contribution in [0.3, 0.4) is 0 Å². The third-order valence-electron chi connectivity index (χ3n) is 1.65. The van der Waals surface area contributed by atoms with Gasteiger partial charge in [-0.1, -0.05) is 12.1 Å². The maximum atomic E-state index is 9.20. The maximum absolute atomic E-state index is 9.20. The molecule has 0 unspecified atom stereocenters. The molecule has 78 valence electrons. The van der Waals surface area contributed by atoms with E-state index in [4.69, 9.17) is 4.74 Å². The number of phenolic OH excluding ortho intramolecular Hbond substituents is 1. The van der Waals surface area contributed by atoms with E-state index in [9.17, 15) is 5.11 Å². The lowest BCUT2D eigenvalue weighted by Gasteiger charge is -2.05. The van der Waals surface area contributed by atoms with E-state index in [0.29, 0.717) is 12.5 Å². The summed E-state index contributed by atoms with van der Waals surface area (Å²) in [6, 6.07) is 6.78. The van der Waals surface area contributed by atoms with Crippen LogP contribution in [-0.2, 0) is 11.3 Å². The number of nitrogens with zero attached hydrogens (tertiary/aromatic N) is 2. The summed E-state index contributed by atoms with van der Waals surface area (Å²) in [6.45, 7) is 6.91. The van der Waals surface area contributed by atoms with E-state index in [0.717, 1.165) is 5.56 Å². The molecule has 0 saturated heterocycles. The molecule has 0 aliphatic heterocycles. The van der Waals surface area contributed by atoms with E-state index in [2.05, 4.69) is 23.4 Å². The van der Waals surface area contributed by atoms with Crippen LogP contribution in [0.5, 0.6) is 5.75 Å². The molecule has 1 aromatic rings. The van der Waals surface area contributed by atoms with Gasteiger partial charge in [0.1, 0.15) is 12.4 Å². The minimum atomic E-state index is 0.204. The Labute approximate surface area is 88.3 Å². The van der Waals surface area contributed by atoms with Crippen LogP contribution in [0.1, 0.15) is 5.56 Å². The highest BCUT2D eigenvalue weighted by molar-refractivity contribution is 5.30. The van der Waals surface area contributed by atoms with Crippen LogP contribution in [0, 0.1) is 0 Å². The van der Waals surface area contributed by atoms with E-state index >= 15 is 0 Å². The lowest BCUT2D eigenvalue weighted by molar-refractivity contribution is 0.196. The predicted molar refractivity (Wildman–Crippen MR) is 60.1 cm³/mol. The highest BCUT2D eigenvalue weighted by atomic mass is 16.5. The van der Waals surface area contributed by atoms with Crippen LogP contribution in [0.15, 0.2) is 46.3 Å². The SMILES string of the molecule is C=N/C=C(\N=C)OCc1cccc(O)c1. The second-order valence-electron chi connectivity index (χ2n) is 2.77. The summed E-state index contributed by atoms with van der Waals surface area (Å²) in [5.74, 6) is 0.503. The van der Waals surface area contributed by atoms with Crippen molar-refractivity contribution in [3.05, 3.63) is 41.9 Å². The van der Waals surface area contributed by atoms with Crippen LogP contribution in [0.25, 0.3) is 0 Å². The molecule has 0 heterocycles. The normalized spacial score (nSPS) is 10.8. The fourth-order valence-corrected chi connectivity index (χ4v) is 1.01. The molecule has 0 radical (unpaired) electrons. The Balaban J connectivity index is 2.60. The first-order valence-electron chi connectivity index (χ1n) is 4.29. The van der Waals surface area contributed by atoms with Gasteiger partial charge in [-0.25, -0.2) is 4.99 Å². The lowest BCUT2D eigenvalue weighted by Crippen LogP contribution is -1.91. The molecule has 1 aromatic carbocycles.